The van der Waals surface area contributed by atoms with Gasteiger partial charge in [-0.2, -0.15) is 0 Å². The number of aliphatic hydroxyl groups is 5. The fourth-order valence-corrected chi connectivity index (χ4v) is 7.64. The van der Waals surface area contributed by atoms with E-state index >= 15 is 0 Å². The number of carbonyl (C=O) groups excluding carboxylic acids is 1. The van der Waals surface area contributed by atoms with Crippen molar-refractivity contribution >= 4 is 22.5 Å². The Morgan fingerprint density at radius 2 is 1.84 bits per heavy atom. The molecule has 3 aromatic rings. The molecule has 2 aliphatic rings. The Morgan fingerprint density at radius 3 is 2.52 bits per heavy atom. The predicted molar refractivity (Wildman–Crippen MR) is 182 cm³/mol. The van der Waals surface area contributed by atoms with Crippen LogP contribution in [0.15, 0.2) is 48.5 Å². The highest BCUT2D eigenvalue weighted by atomic mass is 16.7. The van der Waals surface area contributed by atoms with Gasteiger partial charge in [0.1, 0.15) is 35.4 Å². The number of aromatic carboxylic acids is 1. The van der Waals surface area contributed by atoms with E-state index in [2.05, 4.69) is 0 Å². The molecular formula is C38H48O12. The first-order valence-electron chi connectivity index (χ1n) is 17.2. The monoisotopic (exact) mass is 696 g/mol. The molecule has 2 fully saturated rings. The summed E-state index contributed by atoms with van der Waals surface area (Å²) in [6.45, 7) is 4.06. The number of Topliss-reactive ketones (excluding diaryl/α,β-unsaturated/α-hetero) is 1. The van der Waals surface area contributed by atoms with Crippen LogP contribution in [-0.4, -0.2) is 104 Å². The Morgan fingerprint density at radius 1 is 1.10 bits per heavy atom. The molecule has 0 unspecified atom stereocenters. The van der Waals surface area contributed by atoms with Crippen molar-refractivity contribution in [2.45, 2.75) is 82.6 Å². The molecule has 7 N–H and O–H groups in total. The average molecular weight is 697 g/mol. The third-order valence-electron chi connectivity index (χ3n) is 10.5. The van der Waals surface area contributed by atoms with Gasteiger partial charge in [0.25, 0.3) is 0 Å². The standard InChI is InChI=1S/C38H48O12/c1-21(27-12-15-48-20-24(27)11-14-39)10-13-38(47)30(19-40)50-37(34(43)35(38)44)49-29-18-26(36(45)46)17-25-16-22(2)31(33(42)32(25)29)28(41)9-8-23-6-4-3-5-7-23/h3-7,16-18,21,24,27,30,34-35,37,39-40,42-44,47H,8-15,19-20H2,1-2H3,(H,45,46)/t21-,24-,27-,30-,34-,35-,37-,38-/m1/s1. The zero-order valence-corrected chi connectivity index (χ0v) is 28.4. The van der Waals surface area contributed by atoms with Crippen molar-refractivity contribution in [1.82, 2.24) is 0 Å². The lowest BCUT2D eigenvalue weighted by atomic mass is 9.73. The third-order valence-corrected chi connectivity index (χ3v) is 10.5. The van der Waals surface area contributed by atoms with Crippen LogP contribution < -0.4 is 4.74 Å². The lowest BCUT2D eigenvalue weighted by Crippen LogP contribution is -2.67. The minimum atomic E-state index is -2.07. The molecule has 2 aliphatic heterocycles. The second-order valence-electron chi connectivity index (χ2n) is 13.7. The number of benzene rings is 3. The summed E-state index contributed by atoms with van der Waals surface area (Å²) in [6.07, 6.45) is -4.52. The van der Waals surface area contributed by atoms with Gasteiger partial charge in [-0.25, -0.2) is 4.79 Å². The predicted octanol–water partition coefficient (Wildman–Crippen LogP) is 3.37. The summed E-state index contributed by atoms with van der Waals surface area (Å²) in [6, 6.07) is 13.4. The second-order valence-corrected chi connectivity index (χ2v) is 13.7. The van der Waals surface area contributed by atoms with Crippen molar-refractivity contribution in [3.05, 3.63) is 70.8 Å². The number of aromatic hydroxyl groups is 1. The largest absolute Gasteiger partial charge is 0.506 e. The number of ketones is 1. The Hall–Kier alpha value is -3.62. The zero-order chi connectivity index (χ0) is 36.2. The molecule has 12 nitrogen and oxygen atoms in total. The third kappa shape index (κ3) is 7.81. The van der Waals surface area contributed by atoms with E-state index in [0.717, 1.165) is 18.1 Å². The number of aliphatic hydroxyl groups excluding tert-OH is 4. The minimum Gasteiger partial charge on any atom is -0.506 e. The van der Waals surface area contributed by atoms with Crippen LogP contribution in [0.3, 0.4) is 0 Å². The summed E-state index contributed by atoms with van der Waals surface area (Å²) in [7, 11) is 0. The fourth-order valence-electron chi connectivity index (χ4n) is 7.64. The molecule has 0 spiro atoms. The molecule has 0 aromatic heterocycles. The maximum Gasteiger partial charge on any atom is 0.335 e. The molecule has 0 amide bonds. The van der Waals surface area contributed by atoms with E-state index in [1.165, 1.54) is 6.07 Å². The van der Waals surface area contributed by atoms with Crippen molar-refractivity contribution in [2.75, 3.05) is 26.4 Å². The lowest BCUT2D eigenvalue weighted by molar-refractivity contribution is -0.315. The van der Waals surface area contributed by atoms with E-state index in [1.807, 2.05) is 37.3 Å². The molecular weight excluding hydrogens is 648 g/mol. The number of phenols is 1. The molecule has 0 radical (unpaired) electrons. The molecule has 0 aliphatic carbocycles. The van der Waals surface area contributed by atoms with E-state index < -0.39 is 48.5 Å². The van der Waals surface area contributed by atoms with Crippen molar-refractivity contribution in [3.8, 4) is 11.5 Å². The first-order valence-corrected chi connectivity index (χ1v) is 17.2. The van der Waals surface area contributed by atoms with Gasteiger partial charge in [-0.1, -0.05) is 43.3 Å². The highest BCUT2D eigenvalue weighted by Crippen LogP contribution is 2.43. The van der Waals surface area contributed by atoms with E-state index in [0.29, 0.717) is 38.0 Å². The molecule has 0 saturated carbocycles. The van der Waals surface area contributed by atoms with Crippen LogP contribution in [0.4, 0.5) is 0 Å². The van der Waals surface area contributed by atoms with Crippen LogP contribution in [0.25, 0.3) is 10.8 Å². The number of carboxylic acid groups (broad SMARTS) is 1. The molecule has 50 heavy (non-hydrogen) atoms. The zero-order valence-electron chi connectivity index (χ0n) is 28.4. The van der Waals surface area contributed by atoms with Crippen LogP contribution in [0, 0.1) is 24.7 Å². The van der Waals surface area contributed by atoms with Crippen LogP contribution in [0.5, 0.6) is 11.5 Å². The van der Waals surface area contributed by atoms with Crippen molar-refractivity contribution in [3.63, 3.8) is 0 Å². The Kier molecular flexibility index (Phi) is 12.2. The normalized spacial score (nSPS) is 27.6. The smallest absolute Gasteiger partial charge is 0.335 e. The van der Waals surface area contributed by atoms with Gasteiger partial charge in [0.05, 0.1) is 23.1 Å². The van der Waals surface area contributed by atoms with Crippen molar-refractivity contribution < 1.29 is 59.5 Å². The minimum absolute atomic E-state index is 0.00180. The maximum atomic E-state index is 13.4. The van der Waals surface area contributed by atoms with Gasteiger partial charge in [0.2, 0.25) is 6.29 Å². The number of hydrogen-bond acceptors (Lipinski definition) is 11. The summed E-state index contributed by atoms with van der Waals surface area (Å²) in [5.41, 5.74) is -0.874. The topological polar surface area (TPSA) is 203 Å². The lowest BCUT2D eigenvalue weighted by Gasteiger charge is -2.48. The Balaban J connectivity index is 1.40. The molecule has 3 aromatic carbocycles. The van der Waals surface area contributed by atoms with Gasteiger partial charge in [-0.05, 0) is 85.4 Å². The first-order chi connectivity index (χ1) is 23.9. The van der Waals surface area contributed by atoms with Crippen molar-refractivity contribution in [2.24, 2.45) is 17.8 Å². The van der Waals surface area contributed by atoms with Gasteiger partial charge in [0.15, 0.2) is 5.78 Å². The quantitative estimate of drug-likeness (QED) is 0.121. The van der Waals surface area contributed by atoms with E-state index in [9.17, 15) is 45.3 Å². The SMILES string of the molecule is Cc1cc2cc(C(=O)O)cc(O[C@@H]3O[C@H](CO)[C@](O)(CC[C@@H](C)[C@H]4CCOC[C@H]4CCO)[C@H](O)[C@H]3O)c2c(O)c1C(=O)CCc1ccccc1. The van der Waals surface area contributed by atoms with Crippen LogP contribution in [-0.2, 0) is 15.9 Å². The van der Waals surface area contributed by atoms with E-state index in [1.54, 1.807) is 13.0 Å². The average Bonchev–Trinajstić information content (AvgIpc) is 3.10. The summed E-state index contributed by atoms with van der Waals surface area (Å²) < 4.78 is 17.5. The van der Waals surface area contributed by atoms with Crippen molar-refractivity contribution in [1.29, 1.82) is 0 Å². The van der Waals surface area contributed by atoms with Crippen LogP contribution in [0.2, 0.25) is 0 Å². The van der Waals surface area contributed by atoms with Crippen LogP contribution >= 0.6 is 0 Å². The highest BCUT2D eigenvalue weighted by Gasteiger charge is 2.55. The van der Waals surface area contributed by atoms with Gasteiger partial charge >= 0.3 is 5.97 Å². The molecule has 2 saturated heterocycles. The van der Waals surface area contributed by atoms with Gasteiger partial charge in [-0.3, -0.25) is 4.79 Å². The first kappa shape index (κ1) is 37.6. The molecule has 2 heterocycles. The number of hydrogen-bond donors (Lipinski definition) is 7. The van der Waals surface area contributed by atoms with Gasteiger partial charge in [-0.15, -0.1) is 0 Å². The maximum absolute atomic E-state index is 13.4. The summed E-state index contributed by atoms with van der Waals surface area (Å²) in [5.74, 6) is -1.92. The van der Waals surface area contributed by atoms with E-state index in [-0.39, 0.29) is 70.6 Å². The number of fused-ring (bicyclic) bond motifs is 1. The highest BCUT2D eigenvalue weighted by molar-refractivity contribution is 6.09. The summed E-state index contributed by atoms with van der Waals surface area (Å²) in [4.78, 5) is 25.5. The van der Waals surface area contributed by atoms with Crippen LogP contribution in [0.1, 0.15) is 70.9 Å². The molecule has 12 heteroatoms. The van der Waals surface area contributed by atoms with E-state index in [4.69, 9.17) is 14.2 Å². The van der Waals surface area contributed by atoms with Gasteiger partial charge < -0.3 is 50.0 Å². The number of carboxylic acids is 1. The Labute approximate surface area is 290 Å². The molecule has 5 rings (SSSR count). The number of carbonyl (C=O) groups is 2. The molecule has 272 valence electrons. The summed E-state index contributed by atoms with van der Waals surface area (Å²) in [5, 5.41) is 75.7. The molecule has 0 bridgehead atoms. The number of ether oxygens (including phenoxy) is 3. The molecule has 8 atom stereocenters. The van der Waals surface area contributed by atoms with Gasteiger partial charge in [0, 0.05) is 26.2 Å². The Bertz CT molecular complexity index is 1640. The fraction of sp³-hybridized carbons (Fsp3) is 0.526. The second kappa shape index (κ2) is 16.2. The number of rotatable bonds is 14. The number of phenolic OH excluding ortho intramolecular Hbond substituents is 1. The summed E-state index contributed by atoms with van der Waals surface area (Å²) >= 11 is 0. The number of aryl methyl sites for hydroxylation is 2.